The van der Waals surface area contributed by atoms with Crippen LogP contribution in [-0.4, -0.2) is 32.2 Å². The molecule has 0 aliphatic rings. The van der Waals surface area contributed by atoms with Crippen LogP contribution in [0.1, 0.15) is 10.4 Å². The van der Waals surface area contributed by atoms with Crippen LogP contribution in [0.5, 0.6) is 17.2 Å². The van der Waals surface area contributed by atoms with Gasteiger partial charge in [-0.25, -0.2) is 4.98 Å². The number of amides is 1. The average Bonchev–Trinajstić information content (AvgIpc) is 3.04. The molecular weight excluding hydrogens is 328 g/mol. The van der Waals surface area contributed by atoms with Crippen molar-refractivity contribution in [1.29, 1.82) is 0 Å². The lowest BCUT2D eigenvalue weighted by Gasteiger charge is -2.03. The second-order valence-electron chi connectivity index (χ2n) is 4.85. The van der Waals surface area contributed by atoms with Crippen LogP contribution in [-0.2, 0) is 0 Å². The van der Waals surface area contributed by atoms with Crippen molar-refractivity contribution in [2.45, 2.75) is 0 Å². The van der Waals surface area contributed by atoms with Crippen molar-refractivity contribution in [3.05, 3.63) is 42.0 Å². The van der Waals surface area contributed by atoms with Gasteiger partial charge < -0.3 is 14.2 Å². The van der Waals surface area contributed by atoms with Crippen LogP contribution in [0.25, 0.3) is 10.2 Å². The van der Waals surface area contributed by atoms with Crippen molar-refractivity contribution in [3.8, 4) is 17.2 Å². The fraction of sp³-hybridized carbons (Fsp3) is 0.176. The van der Waals surface area contributed by atoms with Gasteiger partial charge in [-0.15, -0.1) is 0 Å². The minimum Gasteiger partial charge on any atom is -0.497 e. The van der Waals surface area contributed by atoms with E-state index >= 15 is 0 Å². The predicted octanol–water partition coefficient (Wildman–Crippen LogP) is 3.57. The number of carbonyl (C=O) groups excluding carboxylic acids is 1. The van der Waals surface area contributed by atoms with Gasteiger partial charge in [0.05, 0.1) is 21.3 Å². The highest BCUT2D eigenvalue weighted by molar-refractivity contribution is 7.22. The van der Waals surface area contributed by atoms with E-state index in [4.69, 9.17) is 14.2 Å². The van der Waals surface area contributed by atoms with Gasteiger partial charge in [0.25, 0.3) is 5.91 Å². The Labute approximate surface area is 143 Å². The number of thiazole rings is 1. The monoisotopic (exact) mass is 344 g/mol. The Bertz CT molecular complexity index is 833. The normalized spacial score (nSPS) is 10.5. The van der Waals surface area contributed by atoms with Crippen molar-refractivity contribution in [3.63, 3.8) is 0 Å². The van der Waals surface area contributed by atoms with Crippen LogP contribution in [0.2, 0.25) is 0 Å². The summed E-state index contributed by atoms with van der Waals surface area (Å²) in [7, 11) is 4.75. The maximum Gasteiger partial charge on any atom is 0.257 e. The number of fused-ring (bicyclic) bond motifs is 1. The molecule has 1 N–H and O–H groups in total. The number of hydrogen-bond acceptors (Lipinski definition) is 6. The predicted molar refractivity (Wildman–Crippen MR) is 93.7 cm³/mol. The van der Waals surface area contributed by atoms with Gasteiger partial charge in [0.2, 0.25) is 0 Å². The number of benzene rings is 2. The molecule has 0 bridgehead atoms. The zero-order chi connectivity index (χ0) is 17.1. The summed E-state index contributed by atoms with van der Waals surface area (Å²) in [4.78, 5) is 16.8. The number of hydrogen-bond donors (Lipinski definition) is 1. The maximum absolute atomic E-state index is 12.4. The van der Waals surface area contributed by atoms with Crippen LogP contribution < -0.4 is 19.5 Å². The van der Waals surface area contributed by atoms with E-state index in [1.54, 1.807) is 51.7 Å². The van der Waals surface area contributed by atoms with Gasteiger partial charge in [0, 0.05) is 5.56 Å². The maximum atomic E-state index is 12.4. The molecule has 0 unspecified atom stereocenters. The van der Waals surface area contributed by atoms with Gasteiger partial charge in [-0.1, -0.05) is 11.3 Å². The Morgan fingerprint density at radius 1 is 0.958 bits per heavy atom. The molecule has 7 heteroatoms. The second kappa shape index (κ2) is 6.76. The molecule has 3 aromatic rings. The molecule has 1 amide bonds. The van der Waals surface area contributed by atoms with Gasteiger partial charge >= 0.3 is 0 Å². The third-order valence-electron chi connectivity index (χ3n) is 3.48. The van der Waals surface area contributed by atoms with Crippen molar-refractivity contribution >= 4 is 32.6 Å². The standard InChI is InChI=1S/C17H16N2O4S/c1-21-11-6-4-10(5-7-11)16(20)19-17-18-14-12(22-2)8-9-13(23-3)15(14)24-17/h4-9H,1-3H3,(H,18,19,20). The highest BCUT2D eigenvalue weighted by Crippen LogP contribution is 2.38. The summed E-state index contributed by atoms with van der Waals surface area (Å²) in [5.41, 5.74) is 1.18. The van der Waals surface area contributed by atoms with Gasteiger partial charge in [0.1, 0.15) is 27.5 Å². The van der Waals surface area contributed by atoms with Crippen LogP contribution in [0.15, 0.2) is 36.4 Å². The number of aromatic nitrogens is 1. The molecule has 24 heavy (non-hydrogen) atoms. The summed E-state index contributed by atoms with van der Waals surface area (Å²) >= 11 is 1.34. The number of rotatable bonds is 5. The first-order valence-corrected chi connectivity index (χ1v) is 7.95. The van der Waals surface area contributed by atoms with E-state index < -0.39 is 0 Å². The Morgan fingerprint density at radius 3 is 2.25 bits per heavy atom. The zero-order valence-electron chi connectivity index (χ0n) is 13.5. The first-order chi connectivity index (χ1) is 11.7. The van der Waals surface area contributed by atoms with E-state index in [2.05, 4.69) is 10.3 Å². The molecule has 0 fully saturated rings. The summed E-state index contributed by atoms with van der Waals surface area (Å²) in [5, 5.41) is 3.28. The van der Waals surface area contributed by atoms with E-state index in [0.717, 1.165) is 4.70 Å². The first-order valence-electron chi connectivity index (χ1n) is 7.13. The van der Waals surface area contributed by atoms with Crippen molar-refractivity contribution in [1.82, 2.24) is 4.98 Å². The molecule has 0 spiro atoms. The van der Waals surface area contributed by atoms with Crippen molar-refractivity contribution < 1.29 is 19.0 Å². The largest absolute Gasteiger partial charge is 0.497 e. The molecule has 0 aliphatic heterocycles. The molecule has 0 atom stereocenters. The third kappa shape index (κ3) is 2.98. The number of anilines is 1. The number of carbonyl (C=O) groups is 1. The highest BCUT2D eigenvalue weighted by atomic mass is 32.1. The number of nitrogens with zero attached hydrogens (tertiary/aromatic N) is 1. The number of methoxy groups -OCH3 is 3. The van der Waals surface area contributed by atoms with Crippen LogP contribution in [0.3, 0.4) is 0 Å². The molecule has 0 radical (unpaired) electrons. The average molecular weight is 344 g/mol. The van der Waals surface area contributed by atoms with Crippen molar-refractivity contribution in [2.75, 3.05) is 26.6 Å². The Kier molecular flexibility index (Phi) is 4.52. The van der Waals surface area contributed by atoms with Gasteiger partial charge in [-0.05, 0) is 36.4 Å². The topological polar surface area (TPSA) is 69.7 Å². The fourth-order valence-electron chi connectivity index (χ4n) is 2.25. The van der Waals surface area contributed by atoms with Crippen molar-refractivity contribution in [2.24, 2.45) is 0 Å². The summed E-state index contributed by atoms with van der Waals surface area (Å²) < 4.78 is 16.6. The minimum atomic E-state index is -0.241. The van der Waals surface area contributed by atoms with E-state index in [9.17, 15) is 4.79 Å². The minimum absolute atomic E-state index is 0.241. The Hall–Kier alpha value is -2.80. The lowest BCUT2D eigenvalue weighted by atomic mass is 10.2. The second-order valence-corrected chi connectivity index (χ2v) is 5.85. The summed E-state index contributed by atoms with van der Waals surface area (Å²) in [6, 6.07) is 10.5. The molecule has 0 aliphatic carbocycles. The molecule has 0 saturated heterocycles. The number of nitrogens with one attached hydrogen (secondary N) is 1. The van der Waals surface area contributed by atoms with Crippen LogP contribution >= 0.6 is 11.3 Å². The van der Waals surface area contributed by atoms with Crippen LogP contribution in [0.4, 0.5) is 5.13 Å². The van der Waals surface area contributed by atoms with Gasteiger partial charge in [-0.3, -0.25) is 10.1 Å². The molecule has 1 heterocycles. The van der Waals surface area contributed by atoms with Crippen LogP contribution in [0, 0.1) is 0 Å². The highest BCUT2D eigenvalue weighted by Gasteiger charge is 2.15. The number of ether oxygens (including phenoxy) is 3. The molecule has 2 aromatic carbocycles. The lowest BCUT2D eigenvalue weighted by molar-refractivity contribution is 0.102. The Balaban J connectivity index is 1.90. The quantitative estimate of drug-likeness (QED) is 0.766. The molecule has 1 aromatic heterocycles. The van der Waals surface area contributed by atoms with Gasteiger partial charge in [0.15, 0.2) is 5.13 Å². The zero-order valence-corrected chi connectivity index (χ0v) is 14.3. The first kappa shape index (κ1) is 16.1. The summed E-state index contributed by atoms with van der Waals surface area (Å²) in [5.74, 6) is 1.77. The summed E-state index contributed by atoms with van der Waals surface area (Å²) in [6.07, 6.45) is 0. The van der Waals surface area contributed by atoms with E-state index in [1.165, 1.54) is 11.3 Å². The SMILES string of the molecule is COc1ccc(C(=O)Nc2nc3c(OC)ccc(OC)c3s2)cc1. The third-order valence-corrected chi connectivity index (χ3v) is 4.47. The molecule has 6 nitrogen and oxygen atoms in total. The smallest absolute Gasteiger partial charge is 0.257 e. The fourth-order valence-corrected chi connectivity index (χ4v) is 3.22. The molecule has 124 valence electrons. The molecular formula is C17H16N2O4S. The van der Waals surface area contributed by atoms with E-state index in [1.807, 2.05) is 6.07 Å². The molecule has 3 rings (SSSR count). The van der Waals surface area contributed by atoms with E-state index in [-0.39, 0.29) is 5.91 Å². The molecule has 0 saturated carbocycles. The van der Waals surface area contributed by atoms with E-state index in [0.29, 0.717) is 33.5 Å². The van der Waals surface area contributed by atoms with Gasteiger partial charge in [-0.2, -0.15) is 0 Å². The Morgan fingerprint density at radius 2 is 1.62 bits per heavy atom. The summed E-state index contributed by atoms with van der Waals surface area (Å²) in [6.45, 7) is 0. The lowest BCUT2D eigenvalue weighted by Crippen LogP contribution is -2.11.